The van der Waals surface area contributed by atoms with Crippen molar-refractivity contribution in [2.75, 3.05) is 5.32 Å². The summed E-state index contributed by atoms with van der Waals surface area (Å²) in [6.45, 7) is 0. The van der Waals surface area contributed by atoms with Gasteiger partial charge in [0.1, 0.15) is 12.4 Å². The van der Waals surface area contributed by atoms with Crippen LogP contribution in [0, 0.1) is 0 Å². The molecule has 0 saturated carbocycles. The van der Waals surface area contributed by atoms with E-state index in [1.807, 2.05) is 42.3 Å². The minimum absolute atomic E-state index is 0. The van der Waals surface area contributed by atoms with Gasteiger partial charge in [-0.1, -0.05) is 0 Å². The first kappa shape index (κ1) is 13.5. The highest BCUT2D eigenvalue weighted by atomic mass is 35.5. The van der Waals surface area contributed by atoms with E-state index >= 15 is 0 Å². The normalized spacial score (nSPS) is 19.0. The lowest BCUT2D eigenvalue weighted by molar-refractivity contribution is -0.748. The Morgan fingerprint density at radius 1 is 1.29 bits per heavy atom. The van der Waals surface area contributed by atoms with Gasteiger partial charge in [0, 0.05) is 18.1 Å². The first-order valence-electron chi connectivity index (χ1n) is 6.23. The van der Waals surface area contributed by atoms with Gasteiger partial charge in [-0.05, 0) is 23.3 Å². The Balaban J connectivity index is 0.00000132. The molecule has 7 nitrogen and oxygen atoms in total. The quantitative estimate of drug-likeness (QED) is 0.594. The minimum atomic E-state index is 0. The summed E-state index contributed by atoms with van der Waals surface area (Å²) in [6.07, 6.45) is 7.11. The summed E-state index contributed by atoms with van der Waals surface area (Å²) >= 11 is 0. The highest BCUT2D eigenvalue weighted by molar-refractivity contribution is 6.29. The number of fused-ring (bicyclic) bond motifs is 2. The Morgan fingerprint density at radius 2 is 2.19 bits per heavy atom. The van der Waals surface area contributed by atoms with E-state index in [4.69, 9.17) is 0 Å². The summed E-state index contributed by atoms with van der Waals surface area (Å²) in [7, 11) is 1.92. The zero-order chi connectivity index (χ0) is 13.5. The van der Waals surface area contributed by atoms with Crippen LogP contribution >= 0.6 is 0 Å². The Kier molecular flexibility index (Phi) is 3.28. The fraction of sp³-hybridized carbons (Fsp3) is 0.0769. The number of hydrogen-bond acceptors (Lipinski definition) is 5. The Labute approximate surface area is 126 Å². The highest BCUT2D eigenvalue weighted by Crippen LogP contribution is 2.18. The molecular weight excluding hydrogens is 290 g/mol. The van der Waals surface area contributed by atoms with Crippen molar-refractivity contribution < 1.29 is 17.4 Å². The molecule has 0 saturated heterocycles. The molecule has 0 amide bonds. The minimum Gasteiger partial charge on any atom is -1.00 e. The molecule has 3 heterocycles. The number of rotatable bonds is 1. The molecule has 2 aromatic rings. The molecule has 2 aliphatic rings. The van der Waals surface area contributed by atoms with E-state index in [0.29, 0.717) is 5.96 Å². The summed E-state index contributed by atoms with van der Waals surface area (Å²) in [5.74, 6) is 1.37. The monoisotopic (exact) mass is 301 g/mol. The van der Waals surface area contributed by atoms with E-state index in [1.165, 1.54) is 0 Å². The van der Waals surface area contributed by atoms with Gasteiger partial charge in [0.25, 0.3) is 11.8 Å². The van der Waals surface area contributed by atoms with Crippen LogP contribution < -0.4 is 22.7 Å². The van der Waals surface area contributed by atoms with E-state index in [0.717, 1.165) is 27.4 Å². The molecule has 0 fully saturated rings. The van der Waals surface area contributed by atoms with Crippen molar-refractivity contribution in [3.8, 4) is 0 Å². The van der Waals surface area contributed by atoms with Crippen LogP contribution in [0.4, 0.5) is 5.69 Å². The van der Waals surface area contributed by atoms with Gasteiger partial charge in [0.2, 0.25) is 0 Å². The van der Waals surface area contributed by atoms with E-state index < -0.39 is 0 Å². The van der Waals surface area contributed by atoms with Gasteiger partial charge >= 0.3 is 0 Å². The maximum absolute atomic E-state index is 4.41. The zero-order valence-corrected chi connectivity index (χ0v) is 11.9. The van der Waals surface area contributed by atoms with Gasteiger partial charge in [-0.15, -0.1) is 5.01 Å². The lowest BCUT2D eigenvalue weighted by atomic mass is 10.2. The van der Waals surface area contributed by atoms with Crippen LogP contribution in [0.3, 0.4) is 0 Å². The lowest BCUT2D eigenvalue weighted by Gasteiger charge is -2.03. The molecule has 21 heavy (non-hydrogen) atoms. The molecule has 1 aromatic heterocycles. The maximum atomic E-state index is 4.41. The molecule has 2 N–H and O–H groups in total. The van der Waals surface area contributed by atoms with E-state index in [-0.39, 0.29) is 12.4 Å². The number of guanidine groups is 1. The summed E-state index contributed by atoms with van der Waals surface area (Å²) in [6, 6.07) is 6.04. The summed E-state index contributed by atoms with van der Waals surface area (Å²) in [4.78, 5) is 8.43. The first-order chi connectivity index (χ1) is 9.79. The molecule has 2 aliphatic heterocycles. The Morgan fingerprint density at radius 3 is 3.05 bits per heavy atom. The number of hydrogen-bond donors (Lipinski definition) is 2. The maximum Gasteiger partial charge on any atom is 0.286 e. The van der Waals surface area contributed by atoms with Crippen molar-refractivity contribution in [3.63, 3.8) is 0 Å². The molecule has 0 spiro atoms. The number of quaternary nitrogens is 1. The fourth-order valence-electron chi connectivity index (χ4n) is 2.22. The number of halogens is 1. The van der Waals surface area contributed by atoms with Crippen molar-refractivity contribution in [2.45, 2.75) is 0 Å². The number of nitrogens with zero attached hydrogens (tertiary/aromatic N) is 5. The van der Waals surface area contributed by atoms with Crippen LogP contribution in [0.2, 0.25) is 0 Å². The molecule has 1 atom stereocenters. The van der Waals surface area contributed by atoms with Crippen LogP contribution in [0.15, 0.2) is 51.9 Å². The summed E-state index contributed by atoms with van der Waals surface area (Å²) in [5, 5.41) is 13.8. The third-order valence-corrected chi connectivity index (χ3v) is 3.24. The molecule has 0 radical (unpaired) electrons. The number of benzene rings is 1. The van der Waals surface area contributed by atoms with E-state index in [9.17, 15) is 0 Å². The van der Waals surface area contributed by atoms with Gasteiger partial charge in [-0.25, -0.2) is 0 Å². The van der Waals surface area contributed by atoms with Gasteiger partial charge in [-0.2, -0.15) is 10.1 Å². The first-order valence-corrected chi connectivity index (χ1v) is 6.23. The van der Waals surface area contributed by atoms with Crippen LogP contribution in [0.5, 0.6) is 0 Å². The molecule has 8 heteroatoms. The summed E-state index contributed by atoms with van der Waals surface area (Å²) in [5.41, 5.74) is 2.00. The third-order valence-electron chi connectivity index (χ3n) is 3.24. The Bertz CT molecular complexity index is 815. The summed E-state index contributed by atoms with van der Waals surface area (Å²) < 4.78 is 1.84. The van der Waals surface area contributed by atoms with Gasteiger partial charge in [0.05, 0.1) is 17.9 Å². The van der Waals surface area contributed by atoms with Crippen molar-refractivity contribution in [2.24, 2.45) is 22.1 Å². The predicted molar refractivity (Wildman–Crippen MR) is 77.8 cm³/mol. The van der Waals surface area contributed by atoms with Crippen molar-refractivity contribution in [3.05, 3.63) is 36.8 Å². The van der Waals surface area contributed by atoms with Crippen molar-refractivity contribution in [1.29, 1.82) is 0 Å². The second-order valence-corrected chi connectivity index (χ2v) is 4.58. The highest BCUT2D eigenvalue weighted by Gasteiger charge is 2.24. The second kappa shape index (κ2) is 5.12. The third kappa shape index (κ3) is 2.32. The van der Waals surface area contributed by atoms with Crippen LogP contribution in [-0.2, 0) is 7.05 Å². The predicted octanol–water partition coefficient (Wildman–Crippen LogP) is -2.89. The van der Waals surface area contributed by atoms with Gasteiger partial charge in [-0.3, -0.25) is 9.67 Å². The number of nitrogens with one attached hydrogen (secondary N) is 2. The standard InChI is InChI=1S/C13H11N7.ClH/c1-19-11-6-10(3-2-9(11)7-15-19)16-13-17-12-8-14-4-5-20(12)18-13;/h2-8H,1H3,(H,16,18);1H. The van der Waals surface area contributed by atoms with Crippen LogP contribution in [0.1, 0.15) is 0 Å². The largest absolute Gasteiger partial charge is 1.00 e. The lowest BCUT2D eigenvalue weighted by Crippen LogP contribution is -3.05. The molecule has 0 aliphatic carbocycles. The average molecular weight is 302 g/mol. The average Bonchev–Trinajstić information content (AvgIpc) is 3.02. The van der Waals surface area contributed by atoms with Crippen molar-refractivity contribution in [1.82, 2.24) is 9.78 Å². The second-order valence-electron chi connectivity index (χ2n) is 4.58. The van der Waals surface area contributed by atoms with Gasteiger partial charge in [0.15, 0.2) is 0 Å². The molecular formula is C13H12ClN7. The molecule has 106 valence electrons. The number of aromatic nitrogens is 2. The number of anilines is 1. The Hall–Kier alpha value is -2.51. The number of aryl methyl sites for hydroxylation is 1. The van der Waals surface area contributed by atoms with Crippen LogP contribution in [-0.4, -0.2) is 27.8 Å². The van der Waals surface area contributed by atoms with E-state index in [2.05, 4.69) is 25.5 Å². The van der Waals surface area contributed by atoms with Crippen molar-refractivity contribution >= 4 is 34.6 Å². The number of aliphatic imine (C=N–C) groups is 2. The molecule has 4 rings (SSSR count). The molecule has 1 unspecified atom stereocenters. The number of amidine groups is 1. The fourth-order valence-corrected chi connectivity index (χ4v) is 2.22. The van der Waals surface area contributed by atoms with Crippen LogP contribution in [0.25, 0.3) is 10.9 Å². The smallest absolute Gasteiger partial charge is 0.286 e. The van der Waals surface area contributed by atoms with E-state index in [1.54, 1.807) is 12.4 Å². The molecule has 1 aromatic carbocycles. The zero-order valence-electron chi connectivity index (χ0n) is 11.2. The SMILES string of the molecule is Cn1ncc2ccc(NC3=N[NH+]4C=CN=CC4=N3)cc21.[Cl-]. The molecule has 0 bridgehead atoms. The topological polar surface area (TPSA) is 71.4 Å². The van der Waals surface area contributed by atoms with Gasteiger partial charge < -0.3 is 17.7 Å².